The van der Waals surface area contributed by atoms with Gasteiger partial charge < -0.3 is 25.4 Å². The van der Waals surface area contributed by atoms with Crippen molar-refractivity contribution in [1.29, 1.82) is 0 Å². The second kappa shape index (κ2) is 9.21. The minimum absolute atomic E-state index is 0.0239. The number of nitrogens with one attached hydrogen (secondary N) is 3. The molecule has 1 aliphatic rings. The highest BCUT2D eigenvalue weighted by atomic mass is 35.5. The van der Waals surface area contributed by atoms with Crippen molar-refractivity contribution < 1.29 is 9.59 Å². The average molecular weight is 498 g/mol. The van der Waals surface area contributed by atoms with Crippen LogP contribution in [0.15, 0.2) is 36.4 Å². The molecule has 2 aromatic heterocycles. The zero-order valence-corrected chi connectivity index (χ0v) is 20.3. The molecule has 1 atom stereocenters. The maximum atomic E-state index is 12.7. The number of hydrogen-bond acceptors (Lipinski definition) is 7. The number of carbonyl (C=O) groups is 2. The number of rotatable bonds is 6. The zero-order valence-electron chi connectivity index (χ0n) is 18.8. The van der Waals surface area contributed by atoms with E-state index in [0.717, 1.165) is 22.2 Å². The predicted molar refractivity (Wildman–Crippen MR) is 135 cm³/mol. The van der Waals surface area contributed by atoms with Crippen LogP contribution in [-0.4, -0.2) is 64.0 Å². The molecule has 1 unspecified atom stereocenters. The number of aryl methyl sites for hydroxylation is 1. The van der Waals surface area contributed by atoms with E-state index in [4.69, 9.17) is 11.6 Å². The molecule has 9 nitrogen and oxygen atoms in total. The van der Waals surface area contributed by atoms with Crippen molar-refractivity contribution in [2.24, 2.45) is 7.05 Å². The van der Waals surface area contributed by atoms with Crippen molar-refractivity contribution in [2.45, 2.75) is 12.5 Å². The fraction of sp³-hybridized carbons (Fsp3) is 0.304. The third-order valence-electron chi connectivity index (χ3n) is 6.06. The number of imidazole rings is 1. The molecule has 3 N–H and O–H groups in total. The third-order valence-corrected chi connectivity index (χ3v) is 7.23. The van der Waals surface area contributed by atoms with Crippen LogP contribution in [0.4, 0.5) is 11.1 Å². The predicted octanol–water partition coefficient (Wildman–Crippen LogP) is 3.13. The number of fused-ring (bicyclic) bond motifs is 2. The van der Waals surface area contributed by atoms with Gasteiger partial charge in [0.1, 0.15) is 0 Å². The second-order valence-electron chi connectivity index (χ2n) is 8.25. The smallest absolute Gasteiger partial charge is 0.251 e. The minimum atomic E-state index is -0.303. The van der Waals surface area contributed by atoms with E-state index in [2.05, 4.69) is 25.9 Å². The Hall–Kier alpha value is -3.21. The molecule has 0 aliphatic carbocycles. The first kappa shape index (κ1) is 22.6. The Morgan fingerprint density at radius 2 is 2.03 bits per heavy atom. The number of carbonyl (C=O) groups excluding carboxylic acids is 2. The zero-order chi connectivity index (χ0) is 23.8. The number of likely N-dealkylation sites (N-methyl/N-ethyl adjacent to an activating group) is 1. The molecule has 3 heterocycles. The number of hydrogen-bond donors (Lipinski definition) is 3. The van der Waals surface area contributed by atoms with Crippen LogP contribution in [-0.2, 0) is 11.8 Å². The van der Waals surface area contributed by atoms with Crippen LogP contribution in [0.1, 0.15) is 16.8 Å². The van der Waals surface area contributed by atoms with Gasteiger partial charge in [0.05, 0.1) is 27.8 Å². The first-order chi connectivity index (χ1) is 16.4. The molecule has 1 aliphatic heterocycles. The quantitative estimate of drug-likeness (QED) is 0.378. The summed E-state index contributed by atoms with van der Waals surface area (Å²) in [4.78, 5) is 36.1. The average Bonchev–Trinajstić information content (AvgIpc) is 3.54. The van der Waals surface area contributed by atoms with Crippen molar-refractivity contribution >= 4 is 67.1 Å². The summed E-state index contributed by atoms with van der Waals surface area (Å²) >= 11 is 7.57. The first-order valence-electron chi connectivity index (χ1n) is 10.9. The van der Waals surface area contributed by atoms with Crippen molar-refractivity contribution in [3.63, 3.8) is 0 Å². The van der Waals surface area contributed by atoms with Gasteiger partial charge in [0.2, 0.25) is 11.9 Å². The number of aromatic nitrogens is 3. The van der Waals surface area contributed by atoms with Gasteiger partial charge in [-0.05, 0) is 49.9 Å². The summed E-state index contributed by atoms with van der Waals surface area (Å²) in [5.41, 5.74) is 2.85. The summed E-state index contributed by atoms with van der Waals surface area (Å²) in [6.07, 6.45) is 0.924. The van der Waals surface area contributed by atoms with Gasteiger partial charge in [-0.15, -0.1) is 0 Å². The fourth-order valence-corrected chi connectivity index (χ4v) is 5.23. The van der Waals surface area contributed by atoms with Gasteiger partial charge in [0, 0.05) is 36.8 Å². The second-order valence-corrected chi connectivity index (χ2v) is 9.72. The lowest BCUT2D eigenvalue weighted by Gasteiger charge is -2.16. The number of thiazole rings is 1. The van der Waals surface area contributed by atoms with Crippen molar-refractivity contribution in [3.05, 3.63) is 47.0 Å². The van der Waals surface area contributed by atoms with Gasteiger partial charge in [-0.2, -0.15) is 0 Å². The topological polar surface area (TPSA) is 104 Å². The summed E-state index contributed by atoms with van der Waals surface area (Å²) in [6.45, 7) is 1.35. The van der Waals surface area contributed by atoms with Gasteiger partial charge in [-0.3, -0.25) is 9.59 Å². The number of halogens is 1. The molecule has 11 heteroatoms. The largest absolute Gasteiger partial charge is 0.343 e. The third kappa shape index (κ3) is 4.44. The summed E-state index contributed by atoms with van der Waals surface area (Å²) in [6, 6.07) is 11.2. The normalized spacial score (nSPS) is 15.9. The number of amides is 2. The van der Waals surface area contributed by atoms with Gasteiger partial charge in [0.15, 0.2) is 5.13 Å². The molecule has 5 rings (SSSR count). The minimum Gasteiger partial charge on any atom is -0.343 e. The highest BCUT2D eigenvalue weighted by Crippen LogP contribution is 2.31. The first-order valence-corrected chi connectivity index (χ1v) is 12.1. The van der Waals surface area contributed by atoms with Crippen LogP contribution in [0.3, 0.4) is 0 Å². The van der Waals surface area contributed by atoms with E-state index < -0.39 is 0 Å². The maximum absolute atomic E-state index is 12.7. The molecular weight excluding hydrogens is 474 g/mol. The Morgan fingerprint density at radius 1 is 1.18 bits per heavy atom. The standard InChI is InChI=1S/C23H24ClN7O2S/c1-25-15-7-8-31(12-15)20(32)11-26-21(33)13-3-6-18-17(9-13)27-22(30(18)2)29-23-28-16-5-4-14(24)10-19(16)34-23/h3-6,9-10,15,25H,7-8,11-12H2,1-2H3,(H,26,33)(H,27,28,29). The van der Waals surface area contributed by atoms with Crippen molar-refractivity contribution in [3.8, 4) is 0 Å². The molecule has 4 aromatic rings. The van der Waals surface area contributed by atoms with E-state index in [9.17, 15) is 9.59 Å². The Morgan fingerprint density at radius 3 is 2.82 bits per heavy atom. The molecule has 176 valence electrons. The number of likely N-dealkylation sites (tertiary alicyclic amines) is 1. The van der Waals surface area contributed by atoms with Gasteiger partial charge in [-0.25, -0.2) is 9.97 Å². The lowest BCUT2D eigenvalue weighted by Crippen LogP contribution is -2.40. The molecular formula is C23H24ClN7O2S. The van der Waals surface area contributed by atoms with E-state index in [1.165, 1.54) is 11.3 Å². The number of benzene rings is 2. The highest BCUT2D eigenvalue weighted by molar-refractivity contribution is 7.22. The molecule has 0 bridgehead atoms. The van der Waals surface area contributed by atoms with Crippen molar-refractivity contribution in [2.75, 3.05) is 32.0 Å². The highest BCUT2D eigenvalue weighted by Gasteiger charge is 2.25. The SMILES string of the molecule is CNC1CCN(C(=O)CNC(=O)c2ccc3c(c2)nc(Nc2nc4ccc(Cl)cc4s2)n3C)C1. The number of anilines is 2. The van der Waals surface area contributed by atoms with Crippen LogP contribution in [0, 0.1) is 0 Å². The van der Waals surface area contributed by atoms with Crippen LogP contribution in [0.2, 0.25) is 5.02 Å². The van der Waals surface area contributed by atoms with E-state index >= 15 is 0 Å². The van der Waals surface area contributed by atoms with E-state index in [-0.39, 0.29) is 18.4 Å². The Balaban J connectivity index is 1.28. The Bertz CT molecular complexity index is 1400. The molecule has 1 saturated heterocycles. The van der Waals surface area contributed by atoms with E-state index in [1.807, 2.05) is 42.9 Å². The van der Waals surface area contributed by atoms with Crippen LogP contribution >= 0.6 is 22.9 Å². The maximum Gasteiger partial charge on any atom is 0.251 e. The number of nitrogens with zero attached hydrogens (tertiary/aromatic N) is 4. The summed E-state index contributed by atoms with van der Waals surface area (Å²) in [7, 11) is 3.79. The summed E-state index contributed by atoms with van der Waals surface area (Å²) in [5, 5.41) is 10.5. The van der Waals surface area contributed by atoms with Crippen LogP contribution in [0.5, 0.6) is 0 Å². The Labute approximate surface area is 205 Å². The lowest BCUT2D eigenvalue weighted by atomic mass is 10.2. The van der Waals surface area contributed by atoms with Crippen LogP contribution < -0.4 is 16.0 Å². The van der Waals surface area contributed by atoms with Crippen molar-refractivity contribution in [1.82, 2.24) is 30.1 Å². The van der Waals surface area contributed by atoms with Crippen LogP contribution in [0.25, 0.3) is 21.3 Å². The molecule has 34 heavy (non-hydrogen) atoms. The molecule has 0 spiro atoms. The Kier molecular flexibility index (Phi) is 6.11. The monoisotopic (exact) mass is 497 g/mol. The molecule has 0 saturated carbocycles. The molecule has 0 radical (unpaired) electrons. The molecule has 1 fully saturated rings. The van der Waals surface area contributed by atoms with Gasteiger partial charge in [-0.1, -0.05) is 22.9 Å². The van der Waals surface area contributed by atoms with E-state index in [1.54, 1.807) is 17.0 Å². The van der Waals surface area contributed by atoms with E-state index in [0.29, 0.717) is 46.3 Å². The fourth-order valence-electron chi connectivity index (χ4n) is 4.09. The summed E-state index contributed by atoms with van der Waals surface area (Å²) in [5.74, 6) is 0.234. The molecule has 2 aromatic carbocycles. The summed E-state index contributed by atoms with van der Waals surface area (Å²) < 4.78 is 2.89. The van der Waals surface area contributed by atoms with Gasteiger partial charge in [0.25, 0.3) is 5.91 Å². The van der Waals surface area contributed by atoms with Gasteiger partial charge >= 0.3 is 0 Å². The lowest BCUT2D eigenvalue weighted by molar-refractivity contribution is -0.129. The molecule has 2 amide bonds.